The van der Waals surface area contributed by atoms with E-state index in [-0.39, 0.29) is 5.91 Å². The lowest BCUT2D eigenvalue weighted by molar-refractivity contribution is 0.0611. The number of hydrogen-bond acceptors (Lipinski definition) is 8. The molecule has 4 heterocycles. The number of nitrogens with zero attached hydrogens (tertiary/aromatic N) is 5. The van der Waals surface area contributed by atoms with Crippen LogP contribution < -0.4 is 5.32 Å². The minimum absolute atomic E-state index is 0.0493. The topological polar surface area (TPSA) is 120 Å². The molecule has 10 heteroatoms. The second kappa shape index (κ2) is 10.3. The molecular weight excluding hydrogens is 522 g/mol. The predicted octanol–water partition coefficient (Wildman–Crippen LogP) is 5.32. The highest BCUT2D eigenvalue weighted by Crippen LogP contribution is 2.43. The van der Waals surface area contributed by atoms with Crippen LogP contribution >= 0.6 is 11.3 Å². The summed E-state index contributed by atoms with van der Waals surface area (Å²) in [6.07, 6.45) is 9.32. The summed E-state index contributed by atoms with van der Waals surface area (Å²) in [5.41, 5.74) is 4.99. The molecule has 0 saturated heterocycles. The summed E-state index contributed by atoms with van der Waals surface area (Å²) in [7, 11) is 3.48. The largest absolute Gasteiger partial charge is 0.378 e. The van der Waals surface area contributed by atoms with Crippen molar-refractivity contribution < 1.29 is 9.90 Å². The summed E-state index contributed by atoms with van der Waals surface area (Å²) >= 11 is 1.44. The maximum absolute atomic E-state index is 12.5. The lowest BCUT2D eigenvalue weighted by Gasteiger charge is -2.33. The second-order valence-corrected chi connectivity index (χ2v) is 11.3. The average molecular weight is 552 g/mol. The normalized spacial score (nSPS) is 16.4. The number of carbonyl (C=O) groups excluding carboxylic acids is 1. The Labute approximate surface area is 236 Å². The summed E-state index contributed by atoms with van der Waals surface area (Å²) in [5.74, 6) is 1.29. The zero-order valence-corrected chi connectivity index (χ0v) is 23.3. The van der Waals surface area contributed by atoms with Gasteiger partial charge in [-0.15, -0.1) is 11.3 Å². The number of fused-ring (bicyclic) bond motifs is 1. The van der Waals surface area contributed by atoms with E-state index in [2.05, 4.69) is 25.5 Å². The number of aryl methyl sites for hydroxylation is 2. The molecular formula is C30H29N7O2S. The van der Waals surface area contributed by atoms with Crippen LogP contribution in [0.3, 0.4) is 0 Å². The molecule has 0 spiro atoms. The third-order valence-corrected chi connectivity index (χ3v) is 8.29. The Morgan fingerprint density at radius 2 is 1.95 bits per heavy atom. The first-order valence-corrected chi connectivity index (χ1v) is 13.9. The fourth-order valence-corrected chi connectivity index (χ4v) is 6.16. The van der Waals surface area contributed by atoms with Crippen LogP contribution in [-0.4, -0.2) is 55.2 Å². The fraction of sp³-hybridized carbons (Fsp3) is 0.233. The highest BCUT2D eigenvalue weighted by Gasteiger charge is 2.39. The zero-order valence-electron chi connectivity index (χ0n) is 22.5. The molecule has 0 saturated carbocycles. The third-order valence-electron chi connectivity index (χ3n) is 7.12. The molecule has 9 nitrogen and oxygen atoms in total. The van der Waals surface area contributed by atoms with Crippen LogP contribution in [0.1, 0.15) is 44.9 Å². The van der Waals surface area contributed by atoms with E-state index in [1.807, 2.05) is 49.5 Å². The number of thiazole rings is 1. The summed E-state index contributed by atoms with van der Waals surface area (Å²) in [5, 5.41) is 22.7. The predicted molar refractivity (Wildman–Crippen MR) is 156 cm³/mol. The van der Waals surface area contributed by atoms with Crippen molar-refractivity contribution in [1.29, 1.82) is 0 Å². The van der Waals surface area contributed by atoms with Crippen LogP contribution in [0, 0.1) is 6.92 Å². The summed E-state index contributed by atoms with van der Waals surface area (Å²) in [4.78, 5) is 28.9. The number of anilines is 2. The van der Waals surface area contributed by atoms with Crippen molar-refractivity contribution in [3.05, 3.63) is 94.5 Å². The van der Waals surface area contributed by atoms with Gasteiger partial charge in [-0.25, -0.2) is 15.0 Å². The highest BCUT2D eigenvalue weighted by atomic mass is 32.1. The number of pyridine rings is 2. The second-order valence-electron chi connectivity index (χ2n) is 10.3. The maximum Gasteiger partial charge on any atom is 0.253 e. The Hall–Kier alpha value is -4.41. The molecule has 1 amide bonds. The molecule has 0 fully saturated rings. The number of aliphatic hydroxyl groups is 1. The van der Waals surface area contributed by atoms with Gasteiger partial charge in [-0.2, -0.15) is 5.10 Å². The van der Waals surface area contributed by atoms with E-state index in [4.69, 9.17) is 4.98 Å². The SMILES string of the molecule is Cc1cc(Nc2cc(-c3cn[nH]c3)ccn2)nc(-c2cnc([C@]3(O)CCCc4cc(C(=O)N(C)C)ccc43)s2)c1. The Balaban J connectivity index is 1.29. The molecule has 40 heavy (non-hydrogen) atoms. The first kappa shape index (κ1) is 25.8. The number of hydrogen-bond donors (Lipinski definition) is 3. The third kappa shape index (κ3) is 4.87. The average Bonchev–Trinajstić information content (AvgIpc) is 3.66. The molecule has 6 rings (SSSR count). The molecule has 1 atom stereocenters. The van der Waals surface area contributed by atoms with Gasteiger partial charge in [0.25, 0.3) is 5.91 Å². The molecule has 0 radical (unpaired) electrons. The van der Waals surface area contributed by atoms with Gasteiger partial charge in [-0.1, -0.05) is 6.07 Å². The van der Waals surface area contributed by atoms with Crippen molar-refractivity contribution in [2.45, 2.75) is 31.8 Å². The van der Waals surface area contributed by atoms with Gasteiger partial charge in [0.2, 0.25) is 0 Å². The molecule has 202 valence electrons. The first-order valence-electron chi connectivity index (χ1n) is 13.1. The number of aromatic amines is 1. The van der Waals surface area contributed by atoms with Crippen molar-refractivity contribution in [1.82, 2.24) is 30.0 Å². The van der Waals surface area contributed by atoms with Crippen molar-refractivity contribution >= 4 is 28.9 Å². The molecule has 3 N–H and O–H groups in total. The van der Waals surface area contributed by atoms with Crippen molar-refractivity contribution in [3.8, 4) is 21.7 Å². The van der Waals surface area contributed by atoms with E-state index in [9.17, 15) is 9.90 Å². The minimum atomic E-state index is -1.21. The molecule has 0 aliphatic heterocycles. The molecule has 0 unspecified atom stereocenters. The minimum Gasteiger partial charge on any atom is -0.378 e. The van der Waals surface area contributed by atoms with Crippen molar-refractivity contribution in [2.75, 3.05) is 19.4 Å². The number of amides is 1. The Bertz CT molecular complexity index is 1700. The highest BCUT2D eigenvalue weighted by molar-refractivity contribution is 7.15. The van der Waals surface area contributed by atoms with Gasteiger partial charge in [0, 0.05) is 43.8 Å². The first-order chi connectivity index (χ1) is 19.3. The number of nitrogens with one attached hydrogen (secondary N) is 2. The molecule has 1 aliphatic rings. The molecule has 5 aromatic rings. The van der Waals surface area contributed by atoms with Gasteiger partial charge >= 0.3 is 0 Å². The van der Waals surface area contributed by atoms with Crippen molar-refractivity contribution in [2.24, 2.45) is 0 Å². The summed E-state index contributed by atoms with van der Waals surface area (Å²) < 4.78 is 0. The molecule has 4 aromatic heterocycles. The lowest BCUT2D eigenvalue weighted by atomic mass is 9.79. The van der Waals surface area contributed by atoms with Crippen LogP contribution in [0.2, 0.25) is 0 Å². The number of carbonyl (C=O) groups is 1. The van der Waals surface area contributed by atoms with Crippen LogP contribution in [0.25, 0.3) is 21.7 Å². The van der Waals surface area contributed by atoms with Gasteiger partial charge < -0.3 is 15.3 Å². The monoisotopic (exact) mass is 551 g/mol. The van der Waals surface area contributed by atoms with Crippen LogP contribution in [0.5, 0.6) is 0 Å². The van der Waals surface area contributed by atoms with Crippen LogP contribution in [0.4, 0.5) is 11.6 Å². The maximum atomic E-state index is 12.5. The number of H-pyrrole nitrogens is 1. The molecule has 0 bridgehead atoms. The van der Waals surface area contributed by atoms with E-state index < -0.39 is 5.60 Å². The summed E-state index contributed by atoms with van der Waals surface area (Å²) in [6.45, 7) is 2.02. The van der Waals surface area contributed by atoms with E-state index >= 15 is 0 Å². The van der Waals surface area contributed by atoms with Gasteiger partial charge in [0.05, 0.1) is 16.8 Å². The van der Waals surface area contributed by atoms with E-state index in [1.54, 1.807) is 43.7 Å². The quantitative estimate of drug-likeness (QED) is 0.261. The molecule has 1 aliphatic carbocycles. The fourth-order valence-electron chi connectivity index (χ4n) is 5.15. The Kier molecular flexibility index (Phi) is 6.65. The standard InChI is InChI=1S/C30H29N7O2S/c1-18-11-24(35-27(12-18)36-26-14-19(8-10-31-26)22-15-33-34-16-22)25-17-32-29(40-25)30(39)9-4-5-20-13-21(6-7-23(20)30)28(38)37(2)3/h6-8,10-17,39H,4-5,9H2,1-3H3,(H,33,34)(H,31,35,36)/t30-/m0/s1. The van der Waals surface area contributed by atoms with Gasteiger partial charge in [0.15, 0.2) is 0 Å². The summed E-state index contributed by atoms with van der Waals surface area (Å²) in [6, 6.07) is 13.4. The van der Waals surface area contributed by atoms with Crippen LogP contribution in [0.15, 0.2) is 67.3 Å². The number of benzene rings is 1. The van der Waals surface area contributed by atoms with Gasteiger partial charge in [-0.05, 0) is 84.8 Å². The van der Waals surface area contributed by atoms with Crippen molar-refractivity contribution in [3.63, 3.8) is 0 Å². The Morgan fingerprint density at radius 3 is 2.75 bits per heavy atom. The number of aromatic nitrogens is 5. The van der Waals surface area contributed by atoms with E-state index in [0.717, 1.165) is 51.2 Å². The van der Waals surface area contributed by atoms with E-state index in [1.165, 1.54) is 11.3 Å². The van der Waals surface area contributed by atoms with E-state index in [0.29, 0.717) is 28.6 Å². The lowest BCUT2D eigenvalue weighted by Crippen LogP contribution is -2.32. The zero-order chi connectivity index (χ0) is 27.9. The van der Waals surface area contributed by atoms with Gasteiger partial charge in [0.1, 0.15) is 22.2 Å². The molecule has 1 aromatic carbocycles. The smallest absolute Gasteiger partial charge is 0.253 e. The Morgan fingerprint density at radius 1 is 1.07 bits per heavy atom. The van der Waals surface area contributed by atoms with Gasteiger partial charge in [-0.3, -0.25) is 9.89 Å². The van der Waals surface area contributed by atoms with Crippen LogP contribution in [-0.2, 0) is 12.0 Å². The number of rotatable bonds is 6.